The van der Waals surface area contributed by atoms with Gasteiger partial charge in [-0.3, -0.25) is 0 Å². The molecule has 0 aliphatic rings. The van der Waals surface area contributed by atoms with Gasteiger partial charge in [0, 0.05) is 30.9 Å². The van der Waals surface area contributed by atoms with Crippen LogP contribution in [0.2, 0.25) is 0 Å². The van der Waals surface area contributed by atoms with Gasteiger partial charge in [0.15, 0.2) is 0 Å². The van der Waals surface area contributed by atoms with Crippen LogP contribution in [0.4, 0.5) is 10.1 Å². The molecule has 0 spiro atoms. The molecule has 1 N–H and O–H groups in total. The fourth-order valence-corrected chi connectivity index (χ4v) is 2.22. The van der Waals surface area contributed by atoms with E-state index in [0.717, 1.165) is 37.3 Å². The van der Waals surface area contributed by atoms with Crippen LogP contribution in [-0.2, 0) is 6.54 Å². The monoisotopic (exact) mass is 267 g/mol. The number of nitrogens with one attached hydrogen (secondary N) is 1. The van der Waals surface area contributed by atoms with Crippen LogP contribution in [0.1, 0.15) is 18.9 Å². The third-order valence-corrected chi connectivity index (χ3v) is 3.20. The molecular weight excluding hydrogens is 241 g/mol. The molecule has 0 aromatic heterocycles. The molecule has 1 rings (SSSR count). The Kier molecular flexibility index (Phi) is 6.81. The predicted molar refractivity (Wildman–Crippen MR) is 80.2 cm³/mol. The summed E-state index contributed by atoms with van der Waals surface area (Å²) >= 11 is 0. The first-order valence-electron chi connectivity index (χ1n) is 6.91. The van der Waals surface area contributed by atoms with Gasteiger partial charge in [0.1, 0.15) is 5.82 Å². The molecule has 0 saturated carbocycles. The van der Waals surface area contributed by atoms with E-state index in [2.05, 4.69) is 36.1 Å². The minimum absolute atomic E-state index is 0.127. The molecule has 1 aromatic carbocycles. The first-order valence-corrected chi connectivity index (χ1v) is 6.91. The fourth-order valence-electron chi connectivity index (χ4n) is 2.22. The molecule has 0 atom stereocenters. The zero-order valence-corrected chi connectivity index (χ0v) is 12.5. The van der Waals surface area contributed by atoms with Crippen molar-refractivity contribution in [2.75, 3.05) is 45.7 Å². The maximum atomic E-state index is 13.9. The van der Waals surface area contributed by atoms with E-state index in [-0.39, 0.29) is 5.82 Å². The Morgan fingerprint density at radius 2 is 1.95 bits per heavy atom. The molecule has 0 amide bonds. The van der Waals surface area contributed by atoms with Crippen LogP contribution in [0, 0.1) is 5.82 Å². The van der Waals surface area contributed by atoms with Crippen LogP contribution in [0.3, 0.4) is 0 Å². The lowest BCUT2D eigenvalue weighted by Gasteiger charge is -2.26. The first-order chi connectivity index (χ1) is 9.10. The number of hydrogen-bond acceptors (Lipinski definition) is 3. The second-order valence-corrected chi connectivity index (χ2v) is 5.00. The van der Waals surface area contributed by atoms with Gasteiger partial charge in [-0.05, 0) is 53.2 Å². The highest BCUT2D eigenvalue weighted by Gasteiger charge is 2.12. The number of nitrogens with zero attached hydrogens (tertiary/aromatic N) is 2. The Hall–Kier alpha value is -1.13. The highest BCUT2D eigenvalue weighted by Crippen LogP contribution is 2.23. The number of halogens is 1. The molecule has 0 radical (unpaired) electrons. The van der Waals surface area contributed by atoms with E-state index < -0.39 is 0 Å². The average molecular weight is 267 g/mol. The van der Waals surface area contributed by atoms with E-state index in [1.165, 1.54) is 6.07 Å². The lowest BCUT2D eigenvalue weighted by Crippen LogP contribution is -2.28. The summed E-state index contributed by atoms with van der Waals surface area (Å²) in [7, 11) is 5.99. The van der Waals surface area contributed by atoms with Crippen LogP contribution in [0.15, 0.2) is 18.2 Å². The van der Waals surface area contributed by atoms with E-state index in [9.17, 15) is 4.39 Å². The second kappa shape index (κ2) is 8.12. The SMILES string of the molecule is CCN(CCCN(C)C)c1cccc(F)c1CNC. The van der Waals surface area contributed by atoms with Gasteiger partial charge in [-0.25, -0.2) is 4.39 Å². The van der Waals surface area contributed by atoms with Crippen molar-refractivity contribution in [2.45, 2.75) is 19.9 Å². The third-order valence-electron chi connectivity index (χ3n) is 3.20. The van der Waals surface area contributed by atoms with Crippen LogP contribution in [0.25, 0.3) is 0 Å². The third kappa shape index (κ3) is 4.80. The van der Waals surface area contributed by atoms with E-state index in [1.54, 1.807) is 6.07 Å². The largest absolute Gasteiger partial charge is 0.371 e. The Morgan fingerprint density at radius 3 is 2.53 bits per heavy atom. The smallest absolute Gasteiger partial charge is 0.129 e. The summed E-state index contributed by atoms with van der Waals surface area (Å²) in [6, 6.07) is 5.33. The van der Waals surface area contributed by atoms with Gasteiger partial charge >= 0.3 is 0 Å². The molecule has 108 valence electrons. The van der Waals surface area contributed by atoms with Crippen molar-refractivity contribution in [2.24, 2.45) is 0 Å². The molecule has 19 heavy (non-hydrogen) atoms. The normalized spacial score (nSPS) is 11.1. The van der Waals surface area contributed by atoms with Crippen molar-refractivity contribution in [3.8, 4) is 0 Å². The minimum atomic E-state index is -0.127. The van der Waals surface area contributed by atoms with Gasteiger partial charge in [-0.2, -0.15) is 0 Å². The zero-order valence-electron chi connectivity index (χ0n) is 12.5. The number of benzene rings is 1. The van der Waals surface area contributed by atoms with Gasteiger partial charge in [-0.15, -0.1) is 0 Å². The summed E-state index contributed by atoms with van der Waals surface area (Å²) in [5.41, 5.74) is 1.77. The summed E-state index contributed by atoms with van der Waals surface area (Å²) in [5.74, 6) is -0.127. The highest BCUT2D eigenvalue weighted by molar-refractivity contribution is 5.54. The number of anilines is 1. The van der Waals surface area contributed by atoms with Crippen LogP contribution >= 0.6 is 0 Å². The number of rotatable bonds is 8. The molecule has 0 aliphatic heterocycles. The summed E-state index contributed by atoms with van der Waals surface area (Å²) in [6.07, 6.45) is 1.08. The topological polar surface area (TPSA) is 18.5 Å². The lowest BCUT2D eigenvalue weighted by atomic mass is 10.1. The minimum Gasteiger partial charge on any atom is -0.371 e. The maximum Gasteiger partial charge on any atom is 0.129 e. The Balaban J connectivity index is 2.82. The van der Waals surface area contributed by atoms with E-state index >= 15 is 0 Å². The Labute approximate surface area is 116 Å². The molecule has 0 aliphatic carbocycles. The summed E-state index contributed by atoms with van der Waals surface area (Å²) < 4.78 is 13.9. The van der Waals surface area contributed by atoms with Crippen LogP contribution in [-0.4, -0.2) is 45.7 Å². The van der Waals surface area contributed by atoms with Gasteiger partial charge in [0.25, 0.3) is 0 Å². The van der Waals surface area contributed by atoms with Crippen LogP contribution < -0.4 is 10.2 Å². The van der Waals surface area contributed by atoms with Crippen LogP contribution in [0.5, 0.6) is 0 Å². The summed E-state index contributed by atoms with van der Waals surface area (Å²) in [4.78, 5) is 4.42. The summed E-state index contributed by atoms with van der Waals surface area (Å²) in [5, 5.41) is 3.04. The average Bonchev–Trinajstić information content (AvgIpc) is 2.37. The molecule has 0 saturated heterocycles. The lowest BCUT2D eigenvalue weighted by molar-refractivity contribution is 0.400. The number of hydrogen-bond donors (Lipinski definition) is 1. The molecule has 0 unspecified atom stereocenters. The predicted octanol–water partition coefficient (Wildman–Crippen LogP) is 2.32. The maximum absolute atomic E-state index is 13.9. The van der Waals surface area contributed by atoms with Gasteiger partial charge < -0.3 is 15.1 Å². The Bertz CT molecular complexity index is 380. The van der Waals surface area contributed by atoms with Gasteiger partial charge in [-0.1, -0.05) is 6.07 Å². The molecular formula is C15H26FN3. The van der Waals surface area contributed by atoms with Crippen molar-refractivity contribution < 1.29 is 4.39 Å². The molecule has 4 heteroatoms. The van der Waals surface area contributed by atoms with Crippen molar-refractivity contribution in [1.29, 1.82) is 0 Å². The summed E-state index contributed by atoms with van der Waals surface area (Å²) in [6.45, 7) is 5.57. The quantitative estimate of drug-likeness (QED) is 0.780. The van der Waals surface area contributed by atoms with E-state index in [1.807, 2.05) is 13.1 Å². The first kappa shape index (κ1) is 15.9. The van der Waals surface area contributed by atoms with Gasteiger partial charge in [0.05, 0.1) is 0 Å². The van der Waals surface area contributed by atoms with E-state index in [4.69, 9.17) is 0 Å². The van der Waals surface area contributed by atoms with Crippen molar-refractivity contribution in [3.05, 3.63) is 29.6 Å². The fraction of sp³-hybridized carbons (Fsp3) is 0.600. The Morgan fingerprint density at radius 1 is 1.21 bits per heavy atom. The zero-order chi connectivity index (χ0) is 14.3. The second-order valence-electron chi connectivity index (χ2n) is 5.00. The molecule has 0 fully saturated rings. The van der Waals surface area contributed by atoms with Crippen molar-refractivity contribution >= 4 is 5.69 Å². The van der Waals surface area contributed by atoms with Gasteiger partial charge in [0.2, 0.25) is 0 Å². The standard InChI is InChI=1S/C15H26FN3/c1-5-19(11-7-10-18(3)4)15-9-6-8-14(16)13(15)12-17-2/h6,8-9,17H,5,7,10-12H2,1-4H3. The molecule has 0 heterocycles. The van der Waals surface area contributed by atoms with E-state index in [0.29, 0.717) is 6.54 Å². The van der Waals surface area contributed by atoms with Crippen molar-refractivity contribution in [1.82, 2.24) is 10.2 Å². The van der Waals surface area contributed by atoms with Crippen molar-refractivity contribution in [3.63, 3.8) is 0 Å². The molecule has 3 nitrogen and oxygen atoms in total. The molecule has 1 aromatic rings. The molecule has 0 bridgehead atoms. The highest BCUT2D eigenvalue weighted by atomic mass is 19.1.